The number of carbonyl (C=O) groups is 1. The van der Waals surface area contributed by atoms with Crippen LogP contribution in [-0.4, -0.2) is 42.8 Å². The van der Waals surface area contributed by atoms with Gasteiger partial charge >= 0.3 is 12.1 Å². The smallest absolute Gasteiger partial charge is 0.411 e. The summed E-state index contributed by atoms with van der Waals surface area (Å²) < 4.78 is 40.1. The van der Waals surface area contributed by atoms with E-state index in [0.29, 0.717) is 10.6 Å². The Morgan fingerprint density at radius 1 is 1.43 bits per heavy atom. The van der Waals surface area contributed by atoms with Gasteiger partial charge in [0.2, 0.25) is 0 Å². The van der Waals surface area contributed by atoms with E-state index in [9.17, 15) is 23.1 Å². The molecular formula is C13H16F3NO3S. The highest BCUT2D eigenvalue weighted by molar-refractivity contribution is 7.99. The topological polar surface area (TPSA) is 58.6 Å². The van der Waals surface area contributed by atoms with Crippen molar-refractivity contribution in [1.29, 1.82) is 0 Å². The molecule has 0 radical (unpaired) electrons. The third-order valence-corrected chi connectivity index (χ3v) is 3.31. The first-order chi connectivity index (χ1) is 9.85. The monoisotopic (exact) mass is 323 g/mol. The van der Waals surface area contributed by atoms with Crippen LogP contribution in [0.3, 0.4) is 0 Å². The molecular weight excluding hydrogens is 307 g/mol. The molecule has 0 bridgehead atoms. The number of hydrogen-bond donors (Lipinski definition) is 2. The molecule has 0 aromatic heterocycles. The lowest BCUT2D eigenvalue weighted by molar-refractivity contribution is -0.172. The minimum Gasteiger partial charge on any atom is -0.478 e. The summed E-state index contributed by atoms with van der Waals surface area (Å²) >= 11 is 1.39. The van der Waals surface area contributed by atoms with Crippen LogP contribution in [-0.2, 0) is 4.74 Å². The second-order valence-corrected chi connectivity index (χ2v) is 5.32. The fourth-order valence-corrected chi connectivity index (χ4v) is 2.45. The summed E-state index contributed by atoms with van der Waals surface area (Å²) in [6.07, 6.45) is -4.36. The van der Waals surface area contributed by atoms with Gasteiger partial charge in [-0.3, -0.25) is 0 Å². The zero-order valence-corrected chi connectivity index (χ0v) is 12.2. The summed E-state index contributed by atoms with van der Waals surface area (Å²) in [6.45, 7) is 0.522. The number of anilines is 1. The van der Waals surface area contributed by atoms with Gasteiger partial charge < -0.3 is 15.2 Å². The summed E-state index contributed by atoms with van der Waals surface area (Å²) in [5.41, 5.74) is 0.497. The molecule has 1 rings (SSSR count). The van der Waals surface area contributed by atoms with Crippen LogP contribution in [0.1, 0.15) is 17.3 Å². The maximum Gasteiger partial charge on any atom is 0.411 e. The fourth-order valence-electron chi connectivity index (χ4n) is 1.62. The number of alkyl halides is 3. The van der Waals surface area contributed by atoms with Gasteiger partial charge in [0.1, 0.15) is 6.61 Å². The van der Waals surface area contributed by atoms with Crippen LogP contribution in [0.5, 0.6) is 0 Å². The average Bonchev–Trinajstić information content (AvgIpc) is 2.37. The number of carboxylic acids is 1. The SMILES string of the molecule is CCSc1cccc(NCCOCC(F)(F)F)c1C(=O)O. The minimum absolute atomic E-state index is 0.0939. The van der Waals surface area contributed by atoms with Crippen molar-refractivity contribution in [2.45, 2.75) is 18.0 Å². The molecule has 0 fully saturated rings. The predicted octanol–water partition coefficient (Wildman–Crippen LogP) is 3.49. The zero-order chi connectivity index (χ0) is 15.9. The molecule has 0 unspecified atom stereocenters. The molecule has 1 aromatic carbocycles. The third-order valence-electron chi connectivity index (χ3n) is 2.37. The molecule has 0 saturated heterocycles. The molecule has 21 heavy (non-hydrogen) atoms. The summed E-state index contributed by atoms with van der Waals surface area (Å²) in [7, 11) is 0. The van der Waals surface area contributed by atoms with E-state index < -0.39 is 18.8 Å². The highest BCUT2D eigenvalue weighted by atomic mass is 32.2. The number of carboxylic acid groups (broad SMARTS) is 1. The molecule has 118 valence electrons. The number of rotatable bonds is 8. The van der Waals surface area contributed by atoms with Crippen LogP contribution in [0.15, 0.2) is 23.1 Å². The highest BCUT2D eigenvalue weighted by Gasteiger charge is 2.27. The minimum atomic E-state index is -4.36. The molecule has 0 spiro atoms. The van der Waals surface area contributed by atoms with Gasteiger partial charge in [0.15, 0.2) is 0 Å². The van der Waals surface area contributed by atoms with E-state index >= 15 is 0 Å². The quantitative estimate of drug-likeness (QED) is 0.566. The van der Waals surface area contributed by atoms with Crippen LogP contribution in [0.4, 0.5) is 18.9 Å². The Kier molecular flexibility index (Phi) is 6.83. The zero-order valence-electron chi connectivity index (χ0n) is 11.4. The molecule has 0 aliphatic carbocycles. The summed E-state index contributed by atoms with van der Waals surface area (Å²) in [5, 5.41) is 12.0. The van der Waals surface area contributed by atoms with E-state index in [-0.39, 0.29) is 18.7 Å². The van der Waals surface area contributed by atoms with Crippen LogP contribution in [0.25, 0.3) is 0 Å². The fraction of sp³-hybridized carbons (Fsp3) is 0.462. The Hall–Kier alpha value is -1.41. The van der Waals surface area contributed by atoms with E-state index in [1.807, 2.05) is 6.92 Å². The number of halogens is 3. The summed E-state index contributed by atoms with van der Waals surface area (Å²) in [6, 6.07) is 4.97. The summed E-state index contributed by atoms with van der Waals surface area (Å²) in [5.74, 6) is -0.358. The van der Waals surface area contributed by atoms with Gasteiger partial charge in [0.05, 0.1) is 12.2 Å². The van der Waals surface area contributed by atoms with Gasteiger partial charge in [-0.2, -0.15) is 13.2 Å². The van der Waals surface area contributed by atoms with E-state index in [0.717, 1.165) is 5.75 Å². The number of nitrogens with one attached hydrogen (secondary N) is 1. The molecule has 0 aliphatic heterocycles. The Labute approximate surface area is 124 Å². The van der Waals surface area contributed by atoms with Crippen LogP contribution in [0.2, 0.25) is 0 Å². The second kappa shape index (κ2) is 8.14. The normalized spacial score (nSPS) is 11.4. The van der Waals surface area contributed by atoms with Crippen molar-refractivity contribution in [3.8, 4) is 0 Å². The predicted molar refractivity (Wildman–Crippen MR) is 75.2 cm³/mol. The van der Waals surface area contributed by atoms with Gasteiger partial charge in [-0.05, 0) is 17.9 Å². The Balaban J connectivity index is 2.62. The lowest BCUT2D eigenvalue weighted by atomic mass is 10.2. The Bertz CT molecular complexity index is 480. The second-order valence-electron chi connectivity index (χ2n) is 4.01. The van der Waals surface area contributed by atoms with Crippen LogP contribution < -0.4 is 5.32 Å². The van der Waals surface area contributed by atoms with E-state index in [4.69, 9.17) is 0 Å². The molecule has 2 N–H and O–H groups in total. The standard InChI is InChI=1S/C13H16F3NO3S/c1-2-21-10-5-3-4-9(11(10)12(18)19)17-6-7-20-8-13(14,15)16/h3-5,17H,2,6-8H2,1H3,(H,18,19). The van der Waals surface area contributed by atoms with Crippen LogP contribution in [0, 0.1) is 0 Å². The first kappa shape index (κ1) is 17.6. The molecule has 4 nitrogen and oxygen atoms in total. The van der Waals surface area contributed by atoms with Gasteiger partial charge in [-0.1, -0.05) is 13.0 Å². The van der Waals surface area contributed by atoms with Crippen molar-refractivity contribution >= 4 is 23.4 Å². The lowest BCUT2D eigenvalue weighted by Gasteiger charge is -2.13. The molecule has 0 atom stereocenters. The van der Waals surface area contributed by atoms with Gasteiger partial charge in [-0.25, -0.2) is 4.79 Å². The molecule has 0 aliphatic rings. The molecule has 0 saturated carbocycles. The van der Waals surface area contributed by atoms with Crippen molar-refractivity contribution < 1.29 is 27.8 Å². The van der Waals surface area contributed by atoms with Gasteiger partial charge in [-0.15, -0.1) is 11.8 Å². The van der Waals surface area contributed by atoms with Gasteiger partial charge in [0, 0.05) is 17.1 Å². The number of thioether (sulfide) groups is 1. The molecule has 8 heteroatoms. The number of hydrogen-bond acceptors (Lipinski definition) is 4. The maximum atomic E-state index is 11.9. The first-order valence-corrected chi connectivity index (χ1v) is 7.21. The maximum absolute atomic E-state index is 11.9. The highest BCUT2D eigenvalue weighted by Crippen LogP contribution is 2.28. The van der Waals surface area contributed by atoms with E-state index in [1.165, 1.54) is 11.8 Å². The van der Waals surface area contributed by atoms with Crippen molar-refractivity contribution in [3.05, 3.63) is 23.8 Å². The van der Waals surface area contributed by atoms with Gasteiger partial charge in [0.25, 0.3) is 0 Å². The Morgan fingerprint density at radius 3 is 2.71 bits per heavy atom. The number of benzene rings is 1. The average molecular weight is 323 g/mol. The van der Waals surface area contributed by atoms with E-state index in [2.05, 4.69) is 10.1 Å². The van der Waals surface area contributed by atoms with Crippen molar-refractivity contribution in [2.75, 3.05) is 30.8 Å². The molecule has 1 aromatic rings. The Morgan fingerprint density at radius 2 is 2.14 bits per heavy atom. The van der Waals surface area contributed by atoms with Crippen molar-refractivity contribution in [2.24, 2.45) is 0 Å². The first-order valence-electron chi connectivity index (χ1n) is 6.22. The third kappa shape index (κ3) is 6.26. The molecule has 0 heterocycles. The van der Waals surface area contributed by atoms with Crippen molar-refractivity contribution in [3.63, 3.8) is 0 Å². The number of aromatic carboxylic acids is 1. The molecule has 0 amide bonds. The van der Waals surface area contributed by atoms with Crippen LogP contribution >= 0.6 is 11.8 Å². The van der Waals surface area contributed by atoms with E-state index in [1.54, 1.807) is 18.2 Å². The lowest BCUT2D eigenvalue weighted by Crippen LogP contribution is -2.20. The number of ether oxygens (including phenoxy) is 1. The summed E-state index contributed by atoms with van der Waals surface area (Å²) in [4.78, 5) is 11.9. The van der Waals surface area contributed by atoms with Crippen molar-refractivity contribution in [1.82, 2.24) is 0 Å². The largest absolute Gasteiger partial charge is 0.478 e.